The fraction of sp³-hybridized carbons (Fsp3) is 0.304. The number of piperidine rings is 1. The summed E-state index contributed by atoms with van der Waals surface area (Å²) in [4.78, 5) is 33.5. The molecule has 4 heterocycles. The highest BCUT2D eigenvalue weighted by molar-refractivity contribution is 6.30. The smallest absolute Gasteiger partial charge is 0.321 e. The lowest BCUT2D eigenvalue weighted by molar-refractivity contribution is -0.123. The number of anilines is 2. The van der Waals surface area contributed by atoms with Crippen LogP contribution in [0.1, 0.15) is 24.8 Å². The number of rotatable bonds is 3. The van der Waals surface area contributed by atoms with E-state index in [-0.39, 0.29) is 11.9 Å². The minimum Gasteiger partial charge on any atom is -0.324 e. The zero-order chi connectivity index (χ0) is 22.1. The van der Waals surface area contributed by atoms with Gasteiger partial charge in [-0.1, -0.05) is 11.6 Å². The van der Waals surface area contributed by atoms with Gasteiger partial charge < -0.3 is 10.2 Å². The molecule has 1 spiro atoms. The topological polar surface area (TPSA) is 83.4 Å². The van der Waals surface area contributed by atoms with Crippen molar-refractivity contribution in [1.82, 2.24) is 19.7 Å². The largest absolute Gasteiger partial charge is 0.324 e. The molecule has 0 saturated carbocycles. The average Bonchev–Trinajstić information content (AvgIpc) is 3.30. The molecule has 5 rings (SSSR count). The van der Waals surface area contributed by atoms with Gasteiger partial charge in [0.1, 0.15) is 5.82 Å². The summed E-state index contributed by atoms with van der Waals surface area (Å²) in [5.41, 5.74) is 1.32. The van der Waals surface area contributed by atoms with Gasteiger partial charge in [0.2, 0.25) is 5.91 Å². The second-order valence-corrected chi connectivity index (χ2v) is 8.70. The fourth-order valence-electron chi connectivity index (χ4n) is 4.54. The predicted molar refractivity (Wildman–Crippen MR) is 122 cm³/mol. The van der Waals surface area contributed by atoms with Gasteiger partial charge >= 0.3 is 6.03 Å². The third kappa shape index (κ3) is 3.82. The zero-order valence-corrected chi connectivity index (χ0v) is 18.2. The number of urea groups is 1. The molecular formula is C23H23ClN6O2. The number of carbonyl (C=O) groups is 2. The zero-order valence-electron chi connectivity index (χ0n) is 17.4. The van der Waals surface area contributed by atoms with E-state index in [2.05, 4.69) is 15.4 Å². The minimum atomic E-state index is -0.401. The summed E-state index contributed by atoms with van der Waals surface area (Å²) in [5, 5.41) is 8.12. The van der Waals surface area contributed by atoms with Gasteiger partial charge in [-0.05, 0) is 54.8 Å². The van der Waals surface area contributed by atoms with Gasteiger partial charge in [-0.3, -0.25) is 14.7 Å². The number of amides is 3. The SMILES string of the molecule is O=C(Nc1ccc(Cl)cc1)N1CCC2(CC1)CC(=O)N(Cc1ccncc1)c1ccnn12. The van der Waals surface area contributed by atoms with Crippen molar-refractivity contribution in [2.75, 3.05) is 23.3 Å². The van der Waals surface area contributed by atoms with Crippen molar-refractivity contribution in [3.8, 4) is 0 Å². The van der Waals surface area contributed by atoms with Gasteiger partial charge in [-0.15, -0.1) is 0 Å². The monoisotopic (exact) mass is 450 g/mol. The average molecular weight is 451 g/mol. The number of halogens is 1. The van der Waals surface area contributed by atoms with E-state index >= 15 is 0 Å². The maximum Gasteiger partial charge on any atom is 0.321 e. The molecule has 1 fully saturated rings. The lowest BCUT2D eigenvalue weighted by atomic mass is 9.82. The molecule has 0 aliphatic carbocycles. The maximum absolute atomic E-state index is 13.2. The van der Waals surface area contributed by atoms with Crippen LogP contribution in [0.3, 0.4) is 0 Å². The molecule has 32 heavy (non-hydrogen) atoms. The van der Waals surface area contributed by atoms with Crippen LogP contribution >= 0.6 is 11.6 Å². The Morgan fingerprint density at radius 1 is 1.03 bits per heavy atom. The van der Waals surface area contributed by atoms with E-state index in [1.165, 1.54) is 0 Å². The maximum atomic E-state index is 13.2. The molecule has 1 aromatic carbocycles. The Morgan fingerprint density at radius 2 is 1.75 bits per heavy atom. The molecule has 0 atom stereocenters. The lowest BCUT2D eigenvalue weighted by Gasteiger charge is -2.46. The third-order valence-electron chi connectivity index (χ3n) is 6.30. The number of aromatic nitrogens is 3. The van der Waals surface area contributed by atoms with Crippen molar-refractivity contribution in [2.45, 2.75) is 31.3 Å². The highest BCUT2D eigenvalue weighted by Crippen LogP contribution is 2.41. The number of carbonyl (C=O) groups excluding carboxylic acids is 2. The van der Waals surface area contributed by atoms with Crippen LogP contribution in [0.25, 0.3) is 0 Å². The number of hydrogen-bond acceptors (Lipinski definition) is 4. The standard InChI is InChI=1S/C23H23ClN6O2/c24-18-1-3-19(4-2-18)27-22(32)28-13-8-23(9-14-28)15-21(31)29(20-7-12-26-30(20)23)16-17-5-10-25-11-6-17/h1-7,10-12H,8-9,13-16H2,(H,27,32). The van der Waals surface area contributed by atoms with Gasteiger partial charge in [-0.2, -0.15) is 5.10 Å². The molecule has 1 saturated heterocycles. The number of fused-ring (bicyclic) bond motifs is 2. The van der Waals surface area contributed by atoms with E-state index in [1.54, 1.807) is 52.7 Å². The van der Waals surface area contributed by atoms with E-state index < -0.39 is 5.54 Å². The molecule has 3 aromatic rings. The summed E-state index contributed by atoms with van der Waals surface area (Å²) in [6, 6.07) is 12.6. The van der Waals surface area contributed by atoms with Crippen LogP contribution in [0, 0.1) is 0 Å². The Morgan fingerprint density at radius 3 is 2.47 bits per heavy atom. The van der Waals surface area contributed by atoms with Crippen molar-refractivity contribution >= 4 is 35.0 Å². The van der Waals surface area contributed by atoms with Crippen LogP contribution in [0.15, 0.2) is 61.1 Å². The molecule has 0 unspecified atom stereocenters. The van der Waals surface area contributed by atoms with E-state index in [9.17, 15) is 9.59 Å². The van der Waals surface area contributed by atoms with Crippen LogP contribution in [0.2, 0.25) is 5.02 Å². The van der Waals surface area contributed by atoms with Gasteiger partial charge in [-0.25, -0.2) is 9.48 Å². The first-order valence-corrected chi connectivity index (χ1v) is 11.0. The number of nitrogens with zero attached hydrogens (tertiary/aromatic N) is 5. The van der Waals surface area contributed by atoms with E-state index in [4.69, 9.17) is 11.6 Å². The van der Waals surface area contributed by atoms with Gasteiger partial charge in [0, 0.05) is 42.3 Å². The molecular weight excluding hydrogens is 428 g/mol. The predicted octanol–water partition coefficient (Wildman–Crippen LogP) is 3.89. The fourth-order valence-corrected chi connectivity index (χ4v) is 4.66. The summed E-state index contributed by atoms with van der Waals surface area (Å²) in [6.45, 7) is 1.59. The highest BCUT2D eigenvalue weighted by atomic mass is 35.5. The molecule has 164 valence electrons. The number of nitrogens with one attached hydrogen (secondary N) is 1. The Hall–Kier alpha value is -3.39. The summed E-state index contributed by atoms with van der Waals surface area (Å²) in [5.74, 6) is 0.881. The molecule has 2 aliphatic rings. The van der Waals surface area contributed by atoms with Crippen molar-refractivity contribution in [3.63, 3.8) is 0 Å². The Bertz CT molecular complexity index is 1120. The van der Waals surface area contributed by atoms with E-state index in [0.717, 1.165) is 11.4 Å². The van der Waals surface area contributed by atoms with Crippen molar-refractivity contribution in [1.29, 1.82) is 0 Å². The molecule has 8 nitrogen and oxygen atoms in total. The minimum absolute atomic E-state index is 0.0777. The van der Waals surface area contributed by atoms with E-state index in [1.807, 2.05) is 22.9 Å². The van der Waals surface area contributed by atoms with Crippen molar-refractivity contribution in [2.24, 2.45) is 0 Å². The second kappa shape index (κ2) is 8.27. The first kappa shape index (κ1) is 20.5. The first-order valence-electron chi connectivity index (χ1n) is 10.6. The molecule has 1 N–H and O–H groups in total. The van der Waals surface area contributed by atoms with Gasteiger partial charge in [0.05, 0.1) is 24.7 Å². The first-order chi connectivity index (χ1) is 15.5. The van der Waals surface area contributed by atoms with Gasteiger partial charge in [0.25, 0.3) is 0 Å². The summed E-state index contributed by atoms with van der Waals surface area (Å²) < 4.78 is 1.99. The number of hydrogen-bond donors (Lipinski definition) is 1. The lowest BCUT2D eigenvalue weighted by Crippen LogP contribution is -2.55. The number of pyridine rings is 1. The Kier molecular flexibility index (Phi) is 5.30. The quantitative estimate of drug-likeness (QED) is 0.656. The van der Waals surface area contributed by atoms with Crippen molar-refractivity contribution < 1.29 is 9.59 Å². The van der Waals surface area contributed by atoms with Gasteiger partial charge in [0.15, 0.2) is 0 Å². The van der Waals surface area contributed by atoms with Crippen LogP contribution in [0.4, 0.5) is 16.3 Å². The summed E-state index contributed by atoms with van der Waals surface area (Å²) in [7, 11) is 0. The molecule has 2 aliphatic heterocycles. The van der Waals surface area contributed by atoms with Crippen LogP contribution in [-0.4, -0.2) is 44.7 Å². The molecule has 3 amide bonds. The Labute approximate surface area is 190 Å². The highest BCUT2D eigenvalue weighted by Gasteiger charge is 2.46. The van der Waals surface area contributed by atoms with Crippen LogP contribution in [-0.2, 0) is 16.9 Å². The molecule has 2 aromatic heterocycles. The van der Waals surface area contributed by atoms with Crippen LogP contribution < -0.4 is 10.2 Å². The number of likely N-dealkylation sites (tertiary alicyclic amines) is 1. The molecule has 0 bridgehead atoms. The van der Waals surface area contributed by atoms with Crippen molar-refractivity contribution in [3.05, 3.63) is 71.6 Å². The third-order valence-corrected chi connectivity index (χ3v) is 6.55. The Balaban J connectivity index is 1.30. The summed E-state index contributed by atoms with van der Waals surface area (Å²) in [6.07, 6.45) is 6.92. The van der Waals surface area contributed by atoms with Crippen LogP contribution in [0.5, 0.6) is 0 Å². The number of benzene rings is 1. The molecule has 0 radical (unpaired) electrons. The normalized spacial score (nSPS) is 17.3. The molecule has 9 heteroatoms. The second-order valence-electron chi connectivity index (χ2n) is 8.26. The van der Waals surface area contributed by atoms with E-state index in [0.29, 0.717) is 49.6 Å². The summed E-state index contributed by atoms with van der Waals surface area (Å²) >= 11 is 5.91.